The van der Waals surface area contributed by atoms with E-state index in [-0.39, 0.29) is 18.0 Å². The van der Waals surface area contributed by atoms with Crippen LogP contribution in [-0.2, 0) is 9.53 Å². The van der Waals surface area contributed by atoms with Gasteiger partial charge in [0.2, 0.25) is 0 Å². The summed E-state index contributed by atoms with van der Waals surface area (Å²) in [5, 5.41) is 0. The molecule has 0 saturated carbocycles. The van der Waals surface area contributed by atoms with Crippen LogP contribution in [0.25, 0.3) is 0 Å². The highest BCUT2D eigenvalue weighted by molar-refractivity contribution is 5.72. The summed E-state index contributed by atoms with van der Waals surface area (Å²) >= 11 is 0. The minimum Gasteiger partial charge on any atom is -0.462 e. The Kier molecular flexibility index (Phi) is 1.79. The Bertz CT molecular complexity index is 172. The fraction of sp³-hybridized carbons (Fsp3) is 0.625. The molecule has 0 radical (unpaired) electrons. The third-order valence-electron chi connectivity index (χ3n) is 1.90. The van der Waals surface area contributed by atoms with Crippen LogP contribution in [-0.4, -0.2) is 12.1 Å². The van der Waals surface area contributed by atoms with E-state index >= 15 is 0 Å². The predicted molar refractivity (Wildman–Crippen MR) is 38.5 cm³/mol. The van der Waals surface area contributed by atoms with Crippen LogP contribution >= 0.6 is 0 Å². The van der Waals surface area contributed by atoms with Gasteiger partial charge in [-0.15, -0.1) is 0 Å². The fourth-order valence-corrected chi connectivity index (χ4v) is 1.26. The van der Waals surface area contributed by atoms with Gasteiger partial charge in [-0.3, -0.25) is 4.79 Å². The van der Waals surface area contributed by atoms with Gasteiger partial charge in [-0.05, 0) is 13.8 Å². The second-order valence-electron chi connectivity index (χ2n) is 2.85. The second-order valence-corrected chi connectivity index (χ2v) is 2.85. The molecule has 1 saturated heterocycles. The number of esters is 1. The first-order valence-corrected chi connectivity index (χ1v) is 3.46. The molecule has 1 rings (SSSR count). The van der Waals surface area contributed by atoms with Crippen LogP contribution < -0.4 is 0 Å². The highest BCUT2D eigenvalue weighted by Gasteiger charge is 2.31. The highest BCUT2D eigenvalue weighted by atomic mass is 16.5. The molecule has 1 aliphatic heterocycles. The van der Waals surface area contributed by atoms with E-state index in [1.165, 1.54) is 0 Å². The summed E-state index contributed by atoms with van der Waals surface area (Å²) in [6.45, 7) is 7.63. The van der Waals surface area contributed by atoms with Crippen molar-refractivity contribution in [1.29, 1.82) is 0 Å². The Morgan fingerprint density at radius 1 is 1.80 bits per heavy atom. The van der Waals surface area contributed by atoms with Crippen molar-refractivity contribution in [2.45, 2.75) is 26.4 Å². The molecule has 0 aromatic heterocycles. The van der Waals surface area contributed by atoms with Gasteiger partial charge in [-0.2, -0.15) is 0 Å². The molecular formula is C8H12O2. The Morgan fingerprint density at radius 2 is 2.40 bits per heavy atom. The van der Waals surface area contributed by atoms with E-state index in [2.05, 4.69) is 6.58 Å². The summed E-state index contributed by atoms with van der Waals surface area (Å²) < 4.78 is 4.94. The molecule has 1 fully saturated rings. The van der Waals surface area contributed by atoms with Gasteiger partial charge in [0, 0.05) is 5.92 Å². The number of hydrogen-bond acceptors (Lipinski definition) is 2. The van der Waals surface area contributed by atoms with Gasteiger partial charge in [0.1, 0.15) is 6.10 Å². The monoisotopic (exact) mass is 140 g/mol. The Morgan fingerprint density at radius 3 is 2.60 bits per heavy atom. The standard InChI is InChI=1S/C8H12O2/c1-5(2)7-4-8(9)10-6(7)3/h6-7H,1,4H2,2-3H3. The lowest BCUT2D eigenvalue weighted by Gasteiger charge is -2.10. The van der Waals surface area contributed by atoms with Crippen molar-refractivity contribution in [2.24, 2.45) is 5.92 Å². The number of rotatable bonds is 1. The minimum atomic E-state index is -0.0968. The van der Waals surface area contributed by atoms with Gasteiger partial charge < -0.3 is 4.74 Å². The van der Waals surface area contributed by atoms with Crippen molar-refractivity contribution < 1.29 is 9.53 Å². The average molecular weight is 140 g/mol. The lowest BCUT2D eigenvalue weighted by Crippen LogP contribution is -2.11. The summed E-state index contributed by atoms with van der Waals surface area (Å²) in [6, 6.07) is 0. The van der Waals surface area contributed by atoms with Crippen molar-refractivity contribution in [2.75, 3.05) is 0 Å². The maximum atomic E-state index is 10.7. The van der Waals surface area contributed by atoms with Crippen LogP contribution in [0.4, 0.5) is 0 Å². The number of cyclic esters (lactones) is 1. The number of carbonyl (C=O) groups is 1. The van der Waals surface area contributed by atoms with E-state index in [4.69, 9.17) is 4.74 Å². The molecule has 0 aromatic carbocycles. The SMILES string of the molecule is C=C(C)C1CC(=O)OC1C. The number of ether oxygens (including phenoxy) is 1. The zero-order valence-electron chi connectivity index (χ0n) is 6.39. The summed E-state index contributed by atoms with van der Waals surface area (Å²) in [5.41, 5.74) is 1.04. The molecule has 0 aromatic rings. The molecule has 2 nitrogen and oxygen atoms in total. The zero-order valence-corrected chi connectivity index (χ0v) is 6.39. The summed E-state index contributed by atoms with van der Waals surface area (Å²) in [5.74, 6) is 0.146. The molecule has 10 heavy (non-hydrogen) atoms. The van der Waals surface area contributed by atoms with Crippen molar-refractivity contribution in [3.8, 4) is 0 Å². The molecule has 1 heterocycles. The van der Waals surface area contributed by atoms with Gasteiger partial charge in [0.25, 0.3) is 0 Å². The molecule has 0 N–H and O–H groups in total. The molecule has 56 valence electrons. The van der Waals surface area contributed by atoms with E-state index in [9.17, 15) is 4.79 Å². The van der Waals surface area contributed by atoms with E-state index < -0.39 is 0 Å². The second kappa shape index (κ2) is 2.45. The zero-order chi connectivity index (χ0) is 7.72. The molecule has 1 aliphatic rings. The average Bonchev–Trinajstić information content (AvgIpc) is 2.10. The maximum absolute atomic E-state index is 10.7. The fourth-order valence-electron chi connectivity index (χ4n) is 1.26. The summed E-state index contributed by atoms with van der Waals surface area (Å²) in [4.78, 5) is 10.7. The van der Waals surface area contributed by atoms with E-state index in [0.29, 0.717) is 6.42 Å². The molecule has 0 aliphatic carbocycles. The first-order valence-electron chi connectivity index (χ1n) is 3.46. The molecule has 0 amide bonds. The van der Waals surface area contributed by atoms with Crippen LogP contribution in [0.15, 0.2) is 12.2 Å². The predicted octanol–water partition coefficient (Wildman–Crippen LogP) is 1.51. The van der Waals surface area contributed by atoms with Crippen molar-refractivity contribution in [1.82, 2.24) is 0 Å². The highest BCUT2D eigenvalue weighted by Crippen LogP contribution is 2.26. The van der Waals surface area contributed by atoms with Crippen LogP contribution in [0, 0.1) is 5.92 Å². The minimum absolute atomic E-state index is 0.0324. The van der Waals surface area contributed by atoms with Gasteiger partial charge in [0.05, 0.1) is 6.42 Å². The van der Waals surface area contributed by atoms with Crippen molar-refractivity contribution >= 4 is 5.97 Å². The van der Waals surface area contributed by atoms with Crippen LogP contribution in [0.1, 0.15) is 20.3 Å². The lowest BCUT2D eigenvalue weighted by molar-refractivity contribution is -0.140. The van der Waals surface area contributed by atoms with Crippen LogP contribution in [0.2, 0.25) is 0 Å². The molecule has 2 heteroatoms. The van der Waals surface area contributed by atoms with Gasteiger partial charge in [-0.25, -0.2) is 0 Å². The molecular weight excluding hydrogens is 128 g/mol. The number of hydrogen-bond donors (Lipinski definition) is 0. The van der Waals surface area contributed by atoms with Crippen LogP contribution in [0.5, 0.6) is 0 Å². The number of carbonyl (C=O) groups excluding carboxylic acids is 1. The summed E-state index contributed by atoms with van der Waals surface area (Å²) in [7, 11) is 0. The first-order chi connectivity index (χ1) is 4.61. The van der Waals surface area contributed by atoms with Gasteiger partial charge in [-0.1, -0.05) is 12.2 Å². The normalized spacial score (nSPS) is 32.0. The summed E-state index contributed by atoms with van der Waals surface area (Å²) in [6.07, 6.45) is 0.543. The Hall–Kier alpha value is -0.790. The molecule has 2 atom stereocenters. The van der Waals surface area contributed by atoms with E-state index in [1.807, 2.05) is 13.8 Å². The molecule has 0 bridgehead atoms. The van der Waals surface area contributed by atoms with E-state index in [1.54, 1.807) is 0 Å². The largest absolute Gasteiger partial charge is 0.462 e. The topological polar surface area (TPSA) is 26.3 Å². The third-order valence-corrected chi connectivity index (χ3v) is 1.90. The quantitative estimate of drug-likeness (QED) is 0.407. The van der Waals surface area contributed by atoms with Gasteiger partial charge in [0.15, 0.2) is 0 Å². The molecule has 2 unspecified atom stereocenters. The van der Waals surface area contributed by atoms with Crippen molar-refractivity contribution in [3.05, 3.63) is 12.2 Å². The van der Waals surface area contributed by atoms with E-state index in [0.717, 1.165) is 5.57 Å². The molecule has 0 spiro atoms. The lowest BCUT2D eigenvalue weighted by atomic mass is 9.96. The maximum Gasteiger partial charge on any atom is 0.306 e. The Balaban J connectivity index is 2.63. The van der Waals surface area contributed by atoms with Gasteiger partial charge >= 0.3 is 5.97 Å². The first kappa shape index (κ1) is 7.32. The Labute approximate surface area is 60.9 Å². The van der Waals surface area contributed by atoms with Crippen molar-refractivity contribution in [3.63, 3.8) is 0 Å². The third kappa shape index (κ3) is 1.20. The smallest absolute Gasteiger partial charge is 0.306 e. The van der Waals surface area contributed by atoms with Crippen LogP contribution in [0.3, 0.4) is 0 Å².